The van der Waals surface area contributed by atoms with Gasteiger partial charge in [0.1, 0.15) is 16.5 Å². The predicted octanol–water partition coefficient (Wildman–Crippen LogP) is 2.56. The Morgan fingerprint density at radius 3 is 1.80 bits per heavy atom. The molecule has 15 heavy (non-hydrogen) atoms. The summed E-state index contributed by atoms with van der Waals surface area (Å²) in [6.45, 7) is 0. The van der Waals surface area contributed by atoms with Crippen LogP contribution in [0.1, 0.15) is 5.56 Å². The lowest BCUT2D eigenvalue weighted by Gasteiger charge is -2.08. The molecule has 0 aromatic heterocycles. The quantitative estimate of drug-likeness (QED) is 0.610. The van der Waals surface area contributed by atoms with Crippen molar-refractivity contribution in [3.63, 3.8) is 0 Å². The Morgan fingerprint density at radius 2 is 1.53 bits per heavy atom. The van der Waals surface area contributed by atoms with Crippen molar-refractivity contribution in [2.75, 3.05) is 0 Å². The van der Waals surface area contributed by atoms with Crippen LogP contribution in [-0.4, -0.2) is 8.76 Å². The van der Waals surface area contributed by atoms with Crippen molar-refractivity contribution in [3.05, 3.63) is 29.3 Å². The molecule has 1 N–H and O–H groups in total. The van der Waals surface area contributed by atoms with Gasteiger partial charge in [-0.05, 0) is 12.1 Å². The first-order valence-corrected chi connectivity index (χ1v) is 4.51. The summed E-state index contributed by atoms with van der Waals surface area (Å²) >= 11 is -3.00. The monoisotopic (exact) mass is 246 g/mol. The van der Waals surface area contributed by atoms with Gasteiger partial charge in [-0.25, -0.2) is 13.0 Å². The van der Waals surface area contributed by atoms with Gasteiger partial charge in [0.05, 0.1) is 5.56 Å². The van der Waals surface area contributed by atoms with E-state index < -0.39 is 39.4 Å². The molecule has 0 amide bonds. The van der Waals surface area contributed by atoms with E-state index in [1.54, 1.807) is 0 Å². The third-order valence-electron chi connectivity index (χ3n) is 1.50. The van der Waals surface area contributed by atoms with Crippen LogP contribution in [-0.2, 0) is 17.3 Å². The van der Waals surface area contributed by atoms with Gasteiger partial charge in [0.25, 0.3) is 0 Å². The topological polar surface area (TPSA) is 37.3 Å². The first kappa shape index (κ1) is 12.1. The lowest BCUT2D eigenvalue weighted by molar-refractivity contribution is -0.138. The van der Waals surface area contributed by atoms with Crippen LogP contribution in [0.15, 0.2) is 17.0 Å². The molecule has 0 saturated heterocycles. The Hall–Kier alpha value is -1.02. The number of alkyl halides is 3. The van der Waals surface area contributed by atoms with Gasteiger partial charge in [-0.2, -0.15) is 13.2 Å². The molecule has 1 unspecified atom stereocenters. The van der Waals surface area contributed by atoms with Gasteiger partial charge in [0.15, 0.2) is 11.1 Å². The molecule has 0 aliphatic carbocycles. The van der Waals surface area contributed by atoms with Crippen molar-refractivity contribution in [1.29, 1.82) is 0 Å². The van der Waals surface area contributed by atoms with Gasteiger partial charge in [0.2, 0.25) is 0 Å². The van der Waals surface area contributed by atoms with E-state index in [1.165, 1.54) is 0 Å². The van der Waals surface area contributed by atoms with Crippen LogP contribution >= 0.6 is 0 Å². The predicted molar refractivity (Wildman–Crippen MR) is 40.4 cm³/mol. The third-order valence-corrected chi connectivity index (χ3v) is 2.24. The van der Waals surface area contributed by atoms with Crippen LogP contribution in [0.4, 0.5) is 22.0 Å². The standard InChI is InChI=1S/C7H3F5O2S/c8-4-1-3(7(10,11)12)2-5(9)6(4)15(13)14/h1-2H,(H,13,14). The molecule has 0 aliphatic heterocycles. The van der Waals surface area contributed by atoms with Gasteiger partial charge in [-0.1, -0.05) is 0 Å². The van der Waals surface area contributed by atoms with E-state index in [0.717, 1.165) is 0 Å². The fourth-order valence-electron chi connectivity index (χ4n) is 0.890. The molecule has 0 spiro atoms. The van der Waals surface area contributed by atoms with E-state index in [2.05, 4.69) is 0 Å². The van der Waals surface area contributed by atoms with Crippen LogP contribution < -0.4 is 0 Å². The first-order valence-electron chi connectivity index (χ1n) is 3.40. The molecular weight excluding hydrogens is 243 g/mol. The summed E-state index contributed by atoms with van der Waals surface area (Å²) in [6, 6.07) is -0.0704. The molecule has 0 fully saturated rings. The van der Waals surface area contributed by atoms with Gasteiger partial charge >= 0.3 is 6.18 Å². The zero-order chi connectivity index (χ0) is 11.8. The smallest absolute Gasteiger partial charge is 0.302 e. The molecule has 0 radical (unpaired) electrons. The summed E-state index contributed by atoms with van der Waals surface area (Å²) in [7, 11) is 0. The van der Waals surface area contributed by atoms with Crippen LogP contribution in [0.25, 0.3) is 0 Å². The summed E-state index contributed by atoms with van der Waals surface area (Å²) < 4.78 is 80.4. The number of halogens is 5. The molecule has 2 nitrogen and oxygen atoms in total. The number of benzene rings is 1. The highest BCUT2D eigenvalue weighted by molar-refractivity contribution is 7.79. The van der Waals surface area contributed by atoms with E-state index in [1.807, 2.05) is 0 Å². The highest BCUT2D eigenvalue weighted by Crippen LogP contribution is 2.31. The summed E-state index contributed by atoms with van der Waals surface area (Å²) in [5.74, 6) is -3.41. The average molecular weight is 246 g/mol. The second kappa shape index (κ2) is 3.86. The van der Waals surface area contributed by atoms with E-state index >= 15 is 0 Å². The molecule has 0 heterocycles. The Bertz CT molecular complexity index is 391. The van der Waals surface area contributed by atoms with Crippen LogP contribution in [0.3, 0.4) is 0 Å². The molecule has 1 aromatic carbocycles. The van der Waals surface area contributed by atoms with Crippen LogP contribution in [0, 0.1) is 11.6 Å². The number of hydrogen-bond donors (Lipinski definition) is 1. The van der Waals surface area contributed by atoms with E-state index in [0.29, 0.717) is 0 Å². The average Bonchev–Trinajstić information content (AvgIpc) is 1.99. The maximum absolute atomic E-state index is 12.8. The molecule has 1 atom stereocenters. The van der Waals surface area contributed by atoms with Crippen molar-refractivity contribution in [3.8, 4) is 0 Å². The second-order valence-electron chi connectivity index (χ2n) is 2.52. The van der Waals surface area contributed by atoms with Crippen molar-refractivity contribution in [1.82, 2.24) is 0 Å². The largest absolute Gasteiger partial charge is 0.416 e. The van der Waals surface area contributed by atoms with Crippen LogP contribution in [0.5, 0.6) is 0 Å². The molecule has 8 heteroatoms. The molecular formula is C7H3F5O2S. The van der Waals surface area contributed by atoms with Gasteiger partial charge in [-0.3, -0.25) is 0 Å². The minimum absolute atomic E-state index is 0.0352. The third kappa shape index (κ3) is 2.51. The zero-order valence-electron chi connectivity index (χ0n) is 6.81. The van der Waals surface area contributed by atoms with Gasteiger partial charge in [0, 0.05) is 0 Å². The summed E-state index contributed by atoms with van der Waals surface area (Å²) in [6.07, 6.45) is -4.91. The van der Waals surface area contributed by atoms with Gasteiger partial charge in [-0.15, -0.1) is 0 Å². The summed E-state index contributed by atoms with van der Waals surface area (Å²) in [5, 5.41) is 0. The summed E-state index contributed by atoms with van der Waals surface area (Å²) in [4.78, 5) is -1.29. The molecule has 1 rings (SSSR count). The fraction of sp³-hybridized carbons (Fsp3) is 0.143. The summed E-state index contributed by atoms with van der Waals surface area (Å²) in [5.41, 5.74) is -1.55. The first-order chi connectivity index (χ1) is 6.73. The van der Waals surface area contributed by atoms with Crippen molar-refractivity contribution in [2.24, 2.45) is 0 Å². The molecule has 0 bridgehead atoms. The minimum Gasteiger partial charge on any atom is -0.302 e. The molecule has 84 valence electrons. The fourth-order valence-corrected chi connectivity index (χ4v) is 1.34. The lowest BCUT2D eigenvalue weighted by atomic mass is 10.2. The van der Waals surface area contributed by atoms with Crippen molar-refractivity contribution >= 4 is 11.1 Å². The lowest BCUT2D eigenvalue weighted by Crippen LogP contribution is -2.08. The van der Waals surface area contributed by atoms with Crippen molar-refractivity contribution in [2.45, 2.75) is 11.1 Å². The van der Waals surface area contributed by atoms with E-state index in [4.69, 9.17) is 4.55 Å². The number of hydrogen-bond acceptors (Lipinski definition) is 1. The SMILES string of the molecule is O=S(O)c1c(F)cc(C(F)(F)F)cc1F. The Balaban J connectivity index is 3.39. The van der Waals surface area contributed by atoms with Crippen LogP contribution in [0.2, 0.25) is 0 Å². The maximum atomic E-state index is 12.8. The highest BCUT2D eigenvalue weighted by Gasteiger charge is 2.33. The molecule has 1 aromatic rings. The van der Waals surface area contributed by atoms with Gasteiger partial charge < -0.3 is 4.55 Å². The van der Waals surface area contributed by atoms with E-state index in [9.17, 15) is 26.2 Å². The maximum Gasteiger partial charge on any atom is 0.416 e. The second-order valence-corrected chi connectivity index (χ2v) is 3.42. The Morgan fingerprint density at radius 1 is 1.13 bits per heavy atom. The number of rotatable bonds is 1. The molecule has 0 saturated carbocycles. The normalized spacial score (nSPS) is 14.0. The highest BCUT2D eigenvalue weighted by atomic mass is 32.2. The molecule has 0 aliphatic rings. The van der Waals surface area contributed by atoms with E-state index in [-0.39, 0.29) is 12.1 Å². The Kier molecular flexibility index (Phi) is 3.10. The zero-order valence-corrected chi connectivity index (χ0v) is 7.62. The Labute approximate surface area is 83.0 Å². The van der Waals surface area contributed by atoms with Crippen molar-refractivity contribution < 1.29 is 30.7 Å². The minimum atomic E-state index is -4.91.